The Morgan fingerprint density at radius 2 is 2.19 bits per heavy atom. The zero-order valence-corrected chi connectivity index (χ0v) is 12.8. The molecule has 1 N–H and O–H groups in total. The van der Waals surface area contributed by atoms with Crippen molar-refractivity contribution in [3.05, 3.63) is 17.5 Å². The number of carbonyl (C=O) groups is 1. The zero-order chi connectivity index (χ0) is 15.3. The van der Waals surface area contributed by atoms with Gasteiger partial charge in [-0.1, -0.05) is 5.16 Å². The SMILES string of the molecule is COC(C)(C)CNC(=O)c1cc(CN2CCOCC2)on1. The van der Waals surface area contributed by atoms with Crippen molar-refractivity contribution < 1.29 is 18.8 Å². The number of nitrogens with zero attached hydrogens (tertiary/aromatic N) is 2. The molecule has 7 nitrogen and oxygen atoms in total. The molecule has 2 rings (SSSR count). The van der Waals surface area contributed by atoms with Crippen LogP contribution in [0, 0.1) is 0 Å². The molecule has 1 fully saturated rings. The van der Waals surface area contributed by atoms with Crippen LogP contribution in [-0.2, 0) is 16.0 Å². The fraction of sp³-hybridized carbons (Fsp3) is 0.714. The lowest BCUT2D eigenvalue weighted by Gasteiger charge is -2.25. The molecular weight excluding hydrogens is 274 g/mol. The molecule has 0 unspecified atom stereocenters. The summed E-state index contributed by atoms with van der Waals surface area (Å²) in [6.07, 6.45) is 0. The molecule has 0 bridgehead atoms. The monoisotopic (exact) mass is 297 g/mol. The first-order valence-electron chi connectivity index (χ1n) is 7.09. The number of nitrogens with one attached hydrogen (secondary N) is 1. The summed E-state index contributed by atoms with van der Waals surface area (Å²) in [5.74, 6) is 0.435. The Kier molecular flexibility index (Phi) is 5.33. The molecule has 0 radical (unpaired) electrons. The van der Waals surface area contributed by atoms with Crippen LogP contribution in [0.2, 0.25) is 0 Å². The lowest BCUT2D eigenvalue weighted by Crippen LogP contribution is -2.39. The number of methoxy groups -OCH3 is 1. The van der Waals surface area contributed by atoms with E-state index in [2.05, 4.69) is 15.4 Å². The standard InChI is InChI=1S/C14H23N3O4/c1-14(2,19-3)10-15-13(18)12-8-11(21-16-12)9-17-4-6-20-7-5-17/h8H,4-7,9-10H2,1-3H3,(H,15,18). The van der Waals surface area contributed by atoms with Crippen LogP contribution in [0.1, 0.15) is 30.1 Å². The average Bonchev–Trinajstić information content (AvgIpc) is 2.94. The Hall–Kier alpha value is -1.44. The Morgan fingerprint density at radius 3 is 2.86 bits per heavy atom. The van der Waals surface area contributed by atoms with Crippen molar-refractivity contribution >= 4 is 5.91 Å². The van der Waals surface area contributed by atoms with E-state index in [0.717, 1.165) is 26.3 Å². The fourth-order valence-corrected chi connectivity index (χ4v) is 1.93. The molecule has 1 aliphatic heterocycles. The average molecular weight is 297 g/mol. The highest BCUT2D eigenvalue weighted by atomic mass is 16.5. The molecule has 2 heterocycles. The second-order valence-corrected chi connectivity index (χ2v) is 5.71. The first-order chi connectivity index (χ1) is 10.00. The maximum Gasteiger partial charge on any atom is 0.273 e. The van der Waals surface area contributed by atoms with Crippen LogP contribution in [-0.4, -0.2) is 61.5 Å². The van der Waals surface area contributed by atoms with Gasteiger partial charge in [0.15, 0.2) is 11.5 Å². The van der Waals surface area contributed by atoms with Crippen molar-refractivity contribution in [2.75, 3.05) is 40.0 Å². The van der Waals surface area contributed by atoms with E-state index >= 15 is 0 Å². The van der Waals surface area contributed by atoms with Gasteiger partial charge in [0.05, 0.1) is 25.4 Å². The summed E-state index contributed by atoms with van der Waals surface area (Å²) in [5.41, 5.74) is -0.110. The highest BCUT2D eigenvalue weighted by molar-refractivity contribution is 5.92. The van der Waals surface area contributed by atoms with Gasteiger partial charge in [0.1, 0.15) is 0 Å². The Labute approximate surface area is 124 Å². The predicted molar refractivity (Wildman–Crippen MR) is 76.0 cm³/mol. The second kappa shape index (κ2) is 7.02. The minimum Gasteiger partial charge on any atom is -0.379 e. The van der Waals surface area contributed by atoms with Crippen LogP contribution in [0.5, 0.6) is 0 Å². The van der Waals surface area contributed by atoms with E-state index in [1.807, 2.05) is 13.8 Å². The third-order valence-electron chi connectivity index (χ3n) is 3.50. The summed E-state index contributed by atoms with van der Waals surface area (Å²) in [5, 5.41) is 6.61. The lowest BCUT2D eigenvalue weighted by atomic mass is 10.1. The van der Waals surface area contributed by atoms with E-state index < -0.39 is 5.60 Å². The summed E-state index contributed by atoms with van der Waals surface area (Å²) >= 11 is 0. The molecule has 21 heavy (non-hydrogen) atoms. The molecule has 1 aliphatic rings. The first kappa shape index (κ1) is 15.9. The van der Waals surface area contributed by atoms with Gasteiger partial charge in [-0.2, -0.15) is 0 Å². The zero-order valence-electron chi connectivity index (χ0n) is 12.8. The summed E-state index contributed by atoms with van der Waals surface area (Å²) < 4.78 is 15.8. The van der Waals surface area contributed by atoms with Crippen LogP contribution in [0.3, 0.4) is 0 Å². The van der Waals surface area contributed by atoms with Gasteiger partial charge in [-0.05, 0) is 13.8 Å². The largest absolute Gasteiger partial charge is 0.379 e. The van der Waals surface area contributed by atoms with Gasteiger partial charge in [0.25, 0.3) is 5.91 Å². The van der Waals surface area contributed by atoms with Gasteiger partial charge >= 0.3 is 0 Å². The molecule has 0 aromatic carbocycles. The smallest absolute Gasteiger partial charge is 0.273 e. The van der Waals surface area contributed by atoms with Crippen LogP contribution >= 0.6 is 0 Å². The van der Waals surface area contributed by atoms with Crippen molar-refractivity contribution in [2.45, 2.75) is 26.0 Å². The highest BCUT2D eigenvalue weighted by Crippen LogP contribution is 2.10. The summed E-state index contributed by atoms with van der Waals surface area (Å²) in [6, 6.07) is 1.69. The highest BCUT2D eigenvalue weighted by Gasteiger charge is 2.20. The molecule has 7 heteroatoms. The lowest BCUT2D eigenvalue weighted by molar-refractivity contribution is 0.0227. The molecule has 0 atom stereocenters. The van der Waals surface area contributed by atoms with Crippen molar-refractivity contribution in [2.24, 2.45) is 0 Å². The maximum absolute atomic E-state index is 12.0. The third-order valence-corrected chi connectivity index (χ3v) is 3.50. The maximum atomic E-state index is 12.0. The van der Waals surface area contributed by atoms with E-state index in [1.165, 1.54) is 0 Å². The van der Waals surface area contributed by atoms with Crippen molar-refractivity contribution in [3.63, 3.8) is 0 Å². The molecule has 0 spiro atoms. The van der Waals surface area contributed by atoms with E-state index in [4.69, 9.17) is 14.0 Å². The molecular formula is C14H23N3O4. The number of hydrogen-bond acceptors (Lipinski definition) is 6. The molecule has 1 saturated heterocycles. The quantitative estimate of drug-likeness (QED) is 0.831. The van der Waals surface area contributed by atoms with Gasteiger partial charge in [-0.15, -0.1) is 0 Å². The van der Waals surface area contributed by atoms with E-state index in [-0.39, 0.29) is 5.91 Å². The van der Waals surface area contributed by atoms with Crippen LogP contribution in [0.4, 0.5) is 0 Å². The minimum absolute atomic E-state index is 0.253. The molecule has 0 aliphatic carbocycles. The Bertz CT molecular complexity index is 467. The molecule has 1 aromatic rings. The van der Waals surface area contributed by atoms with Crippen LogP contribution in [0.15, 0.2) is 10.6 Å². The summed E-state index contributed by atoms with van der Waals surface area (Å²) in [7, 11) is 1.61. The van der Waals surface area contributed by atoms with Gasteiger partial charge in [0.2, 0.25) is 0 Å². The number of carbonyl (C=O) groups excluding carboxylic acids is 1. The summed E-state index contributed by atoms with van der Waals surface area (Å²) in [4.78, 5) is 14.2. The topological polar surface area (TPSA) is 76.8 Å². The fourth-order valence-electron chi connectivity index (χ4n) is 1.93. The van der Waals surface area contributed by atoms with Crippen molar-refractivity contribution in [1.82, 2.24) is 15.4 Å². The third kappa shape index (κ3) is 4.80. The van der Waals surface area contributed by atoms with E-state index in [9.17, 15) is 4.79 Å². The van der Waals surface area contributed by atoms with E-state index in [0.29, 0.717) is 24.5 Å². The van der Waals surface area contributed by atoms with Crippen molar-refractivity contribution in [3.8, 4) is 0 Å². The predicted octanol–water partition coefficient (Wildman–Crippen LogP) is 0.662. The van der Waals surface area contributed by atoms with Gasteiger partial charge in [0, 0.05) is 32.8 Å². The molecule has 1 aromatic heterocycles. The Morgan fingerprint density at radius 1 is 1.48 bits per heavy atom. The Balaban J connectivity index is 1.85. The first-order valence-corrected chi connectivity index (χ1v) is 7.09. The molecule has 0 saturated carbocycles. The second-order valence-electron chi connectivity index (χ2n) is 5.71. The number of rotatable bonds is 6. The van der Waals surface area contributed by atoms with Crippen molar-refractivity contribution in [1.29, 1.82) is 0 Å². The molecule has 1 amide bonds. The molecule has 118 valence electrons. The number of ether oxygens (including phenoxy) is 2. The van der Waals surface area contributed by atoms with E-state index in [1.54, 1.807) is 13.2 Å². The normalized spacial score (nSPS) is 16.9. The number of morpholine rings is 1. The van der Waals surface area contributed by atoms with Gasteiger partial charge in [-0.3, -0.25) is 9.69 Å². The van der Waals surface area contributed by atoms with Gasteiger partial charge in [-0.25, -0.2) is 0 Å². The number of hydrogen-bond donors (Lipinski definition) is 1. The van der Waals surface area contributed by atoms with Crippen LogP contribution < -0.4 is 5.32 Å². The van der Waals surface area contributed by atoms with Gasteiger partial charge < -0.3 is 19.3 Å². The minimum atomic E-state index is -0.407. The number of amides is 1. The van der Waals surface area contributed by atoms with Crippen LogP contribution in [0.25, 0.3) is 0 Å². The number of aromatic nitrogens is 1. The summed E-state index contributed by atoms with van der Waals surface area (Å²) in [6.45, 7) is 8.05.